The second kappa shape index (κ2) is 8.98. The molecule has 1 saturated heterocycles. The quantitative estimate of drug-likeness (QED) is 0.622. The smallest absolute Gasteiger partial charge is 0.223 e. The number of nitrogens with one attached hydrogen (secondary N) is 1. The number of aromatic nitrogens is 1. The standard InChI is InChI=1S/C16H28N6OS/c1-13-18-11-14(24-13)12-19-16(17-2)22-9-7-21(8-10-22)6-5-15(23)20(3)4/h11H,5-10,12H2,1-4H3,(H,17,19). The normalized spacial score (nSPS) is 16.3. The highest BCUT2D eigenvalue weighted by atomic mass is 32.1. The van der Waals surface area contributed by atoms with Crippen LogP contribution in [0.1, 0.15) is 16.3 Å². The van der Waals surface area contributed by atoms with E-state index in [-0.39, 0.29) is 5.91 Å². The number of aryl methyl sites for hydroxylation is 1. The Kier molecular flexibility index (Phi) is 6.99. The fourth-order valence-electron chi connectivity index (χ4n) is 2.65. The van der Waals surface area contributed by atoms with Crippen molar-refractivity contribution in [2.24, 2.45) is 4.99 Å². The fourth-order valence-corrected chi connectivity index (χ4v) is 3.38. The van der Waals surface area contributed by atoms with Crippen LogP contribution < -0.4 is 5.32 Å². The highest BCUT2D eigenvalue weighted by Crippen LogP contribution is 2.11. The van der Waals surface area contributed by atoms with Gasteiger partial charge >= 0.3 is 0 Å². The molecule has 0 radical (unpaired) electrons. The molecule has 2 heterocycles. The maximum Gasteiger partial charge on any atom is 0.223 e. The lowest BCUT2D eigenvalue weighted by atomic mass is 10.3. The molecule has 0 unspecified atom stereocenters. The van der Waals surface area contributed by atoms with E-state index in [1.165, 1.54) is 4.88 Å². The summed E-state index contributed by atoms with van der Waals surface area (Å²) in [5.41, 5.74) is 0. The number of piperazine rings is 1. The second-order valence-corrected chi connectivity index (χ2v) is 7.43. The molecule has 0 aliphatic carbocycles. The number of guanidine groups is 1. The molecule has 1 aromatic heterocycles. The number of nitrogens with zero attached hydrogens (tertiary/aromatic N) is 5. The summed E-state index contributed by atoms with van der Waals surface area (Å²) in [7, 11) is 5.43. The molecule has 1 aliphatic rings. The molecule has 1 aromatic rings. The second-order valence-electron chi connectivity index (χ2n) is 6.11. The molecule has 0 bridgehead atoms. The number of hydrogen-bond donors (Lipinski definition) is 1. The number of amides is 1. The summed E-state index contributed by atoms with van der Waals surface area (Å²) < 4.78 is 0. The third-order valence-electron chi connectivity index (χ3n) is 4.11. The van der Waals surface area contributed by atoms with Crippen LogP contribution in [0, 0.1) is 6.92 Å². The SMILES string of the molecule is CN=C(NCc1cnc(C)s1)N1CCN(CCC(=O)N(C)C)CC1. The lowest BCUT2D eigenvalue weighted by molar-refractivity contribution is -0.129. The Bertz CT molecular complexity index is 563. The van der Waals surface area contributed by atoms with Gasteiger partial charge in [0.15, 0.2) is 5.96 Å². The van der Waals surface area contributed by atoms with Crippen LogP contribution in [-0.2, 0) is 11.3 Å². The van der Waals surface area contributed by atoms with Gasteiger partial charge in [0.25, 0.3) is 0 Å². The van der Waals surface area contributed by atoms with Gasteiger partial charge in [0, 0.05) is 71.4 Å². The third-order valence-corrected chi connectivity index (χ3v) is 5.03. The highest BCUT2D eigenvalue weighted by molar-refractivity contribution is 7.11. The minimum absolute atomic E-state index is 0.190. The average molecular weight is 353 g/mol. The molecule has 1 aliphatic heterocycles. The molecule has 0 aromatic carbocycles. The maximum atomic E-state index is 11.7. The Morgan fingerprint density at radius 1 is 1.38 bits per heavy atom. The molecule has 8 heteroatoms. The van der Waals surface area contributed by atoms with Crippen molar-refractivity contribution < 1.29 is 4.79 Å². The number of aliphatic imine (C=N–C) groups is 1. The predicted molar refractivity (Wildman–Crippen MR) is 98.4 cm³/mol. The van der Waals surface area contributed by atoms with Gasteiger partial charge in [0.2, 0.25) is 5.91 Å². The summed E-state index contributed by atoms with van der Waals surface area (Å²) in [6.45, 7) is 7.38. The zero-order chi connectivity index (χ0) is 17.5. The van der Waals surface area contributed by atoms with E-state index in [1.54, 1.807) is 30.3 Å². The molecule has 0 spiro atoms. The van der Waals surface area contributed by atoms with Crippen LogP contribution in [0.15, 0.2) is 11.2 Å². The molecular formula is C16H28N6OS. The molecule has 0 atom stereocenters. The first-order valence-corrected chi connectivity index (χ1v) is 9.10. The number of carbonyl (C=O) groups excluding carboxylic acids is 1. The van der Waals surface area contributed by atoms with E-state index in [1.807, 2.05) is 20.2 Å². The number of carbonyl (C=O) groups is 1. The number of thiazole rings is 1. The molecule has 7 nitrogen and oxygen atoms in total. The van der Waals surface area contributed by atoms with E-state index in [2.05, 4.69) is 25.1 Å². The molecule has 1 N–H and O–H groups in total. The lowest BCUT2D eigenvalue weighted by Gasteiger charge is -2.36. The Labute approximate surface area is 148 Å². The first-order chi connectivity index (χ1) is 11.5. The van der Waals surface area contributed by atoms with Crippen molar-refractivity contribution in [3.63, 3.8) is 0 Å². The van der Waals surface area contributed by atoms with Crippen molar-refractivity contribution in [1.29, 1.82) is 0 Å². The minimum atomic E-state index is 0.190. The summed E-state index contributed by atoms with van der Waals surface area (Å²) in [6, 6.07) is 0. The number of rotatable bonds is 5. The van der Waals surface area contributed by atoms with Crippen molar-refractivity contribution >= 4 is 23.2 Å². The van der Waals surface area contributed by atoms with Gasteiger partial charge in [0.05, 0.1) is 11.6 Å². The monoisotopic (exact) mass is 352 g/mol. The first-order valence-electron chi connectivity index (χ1n) is 8.29. The lowest BCUT2D eigenvalue weighted by Crippen LogP contribution is -2.52. The van der Waals surface area contributed by atoms with Crippen molar-refractivity contribution in [1.82, 2.24) is 25.0 Å². The van der Waals surface area contributed by atoms with E-state index in [4.69, 9.17) is 0 Å². The summed E-state index contributed by atoms with van der Waals surface area (Å²) in [6.07, 6.45) is 2.50. The Balaban J connectivity index is 1.74. The summed E-state index contributed by atoms with van der Waals surface area (Å²) in [4.78, 5) is 27.8. The summed E-state index contributed by atoms with van der Waals surface area (Å²) in [5.74, 6) is 1.12. The van der Waals surface area contributed by atoms with Gasteiger partial charge in [-0.15, -0.1) is 11.3 Å². The molecule has 24 heavy (non-hydrogen) atoms. The predicted octanol–water partition coefficient (Wildman–Crippen LogP) is 0.623. The van der Waals surface area contributed by atoms with Crippen LogP contribution in [0.2, 0.25) is 0 Å². The number of hydrogen-bond acceptors (Lipinski definition) is 5. The maximum absolute atomic E-state index is 11.7. The molecular weight excluding hydrogens is 324 g/mol. The van der Waals surface area contributed by atoms with Crippen LogP contribution in [0.3, 0.4) is 0 Å². The van der Waals surface area contributed by atoms with Crippen molar-refractivity contribution in [2.75, 3.05) is 53.9 Å². The molecule has 2 rings (SSSR count). The van der Waals surface area contributed by atoms with E-state index < -0.39 is 0 Å². The van der Waals surface area contributed by atoms with Crippen LogP contribution in [-0.4, -0.2) is 85.4 Å². The Hall–Kier alpha value is -1.67. The van der Waals surface area contributed by atoms with Gasteiger partial charge in [-0.2, -0.15) is 0 Å². The fraction of sp³-hybridized carbons (Fsp3) is 0.688. The summed E-state index contributed by atoms with van der Waals surface area (Å²) in [5, 5.41) is 4.50. The van der Waals surface area contributed by atoms with Crippen molar-refractivity contribution in [2.45, 2.75) is 19.9 Å². The topological polar surface area (TPSA) is 64.1 Å². The van der Waals surface area contributed by atoms with E-state index in [9.17, 15) is 4.79 Å². The molecule has 0 saturated carbocycles. The average Bonchev–Trinajstić information content (AvgIpc) is 2.99. The van der Waals surface area contributed by atoms with E-state index >= 15 is 0 Å². The zero-order valence-corrected chi connectivity index (χ0v) is 15.9. The Morgan fingerprint density at radius 2 is 2.08 bits per heavy atom. The van der Waals surface area contributed by atoms with Crippen LogP contribution >= 0.6 is 11.3 Å². The Morgan fingerprint density at radius 3 is 2.62 bits per heavy atom. The first kappa shape index (κ1) is 18.7. The molecule has 134 valence electrons. The van der Waals surface area contributed by atoms with Gasteiger partial charge in [-0.05, 0) is 6.92 Å². The van der Waals surface area contributed by atoms with Crippen LogP contribution in [0.25, 0.3) is 0 Å². The van der Waals surface area contributed by atoms with Gasteiger partial charge in [-0.3, -0.25) is 14.7 Å². The highest BCUT2D eigenvalue weighted by Gasteiger charge is 2.20. The zero-order valence-electron chi connectivity index (χ0n) is 15.1. The van der Waals surface area contributed by atoms with Crippen molar-refractivity contribution in [3.8, 4) is 0 Å². The van der Waals surface area contributed by atoms with Gasteiger partial charge in [-0.1, -0.05) is 0 Å². The minimum Gasteiger partial charge on any atom is -0.351 e. The third kappa shape index (κ3) is 5.45. The molecule has 1 fully saturated rings. The van der Waals surface area contributed by atoms with Gasteiger partial charge in [0.1, 0.15) is 0 Å². The van der Waals surface area contributed by atoms with Gasteiger partial charge < -0.3 is 15.1 Å². The van der Waals surface area contributed by atoms with E-state index in [0.29, 0.717) is 6.42 Å². The molecule has 1 amide bonds. The largest absolute Gasteiger partial charge is 0.351 e. The summed E-state index contributed by atoms with van der Waals surface area (Å²) >= 11 is 1.71. The van der Waals surface area contributed by atoms with Gasteiger partial charge in [-0.25, -0.2) is 4.98 Å². The van der Waals surface area contributed by atoms with Crippen LogP contribution in [0.4, 0.5) is 0 Å². The van der Waals surface area contributed by atoms with E-state index in [0.717, 1.165) is 50.2 Å². The van der Waals surface area contributed by atoms with Crippen molar-refractivity contribution in [3.05, 3.63) is 16.1 Å². The van der Waals surface area contributed by atoms with Crippen LogP contribution in [0.5, 0.6) is 0 Å².